The Labute approximate surface area is 69.4 Å². The lowest BCUT2D eigenvalue weighted by atomic mass is 10.2. The molecule has 0 atom stereocenters. The van der Waals surface area contributed by atoms with E-state index in [0.717, 1.165) is 6.42 Å². The smallest absolute Gasteiger partial charge is 0.0612 e. The summed E-state index contributed by atoms with van der Waals surface area (Å²) in [4.78, 5) is 0. The van der Waals surface area contributed by atoms with Gasteiger partial charge in [0, 0.05) is 0 Å². The van der Waals surface area contributed by atoms with Gasteiger partial charge in [-0.15, -0.1) is 0 Å². The van der Waals surface area contributed by atoms with E-state index in [0.29, 0.717) is 0 Å². The molecule has 0 saturated carbocycles. The maximum Gasteiger partial charge on any atom is 0.0612 e. The third-order valence-corrected chi connectivity index (χ3v) is 1.44. The summed E-state index contributed by atoms with van der Waals surface area (Å²) in [5, 5.41) is 8.40. The topological polar surface area (TPSA) is 20.2 Å². The van der Waals surface area contributed by atoms with Gasteiger partial charge in [0.05, 0.1) is 6.61 Å². The molecular weight excluding hydrogens is 136 g/mol. The van der Waals surface area contributed by atoms with Crippen molar-refractivity contribution in [2.75, 3.05) is 6.61 Å². The Balaban J connectivity index is 3.09. The number of unbranched alkanes of at least 4 members (excludes halogenated alkanes) is 2. The van der Waals surface area contributed by atoms with Crippen LogP contribution in [0.15, 0.2) is 24.3 Å². The predicted octanol–water partition coefficient (Wildman–Crippen LogP) is 2.67. The largest absolute Gasteiger partial charge is 0.392 e. The molecule has 0 saturated heterocycles. The average molecular weight is 154 g/mol. The molecule has 0 bridgehead atoms. The molecule has 0 aromatic carbocycles. The van der Waals surface area contributed by atoms with Crippen LogP contribution in [0.4, 0.5) is 0 Å². The molecule has 1 heteroatoms. The molecule has 0 heterocycles. The average Bonchev–Trinajstić information content (AvgIpc) is 2.03. The van der Waals surface area contributed by atoms with Crippen molar-refractivity contribution in [1.82, 2.24) is 0 Å². The lowest BCUT2D eigenvalue weighted by molar-refractivity contribution is 0.342. The highest BCUT2D eigenvalue weighted by atomic mass is 16.2. The molecule has 0 fully saturated rings. The van der Waals surface area contributed by atoms with Crippen LogP contribution in [-0.4, -0.2) is 11.7 Å². The Morgan fingerprint density at radius 2 is 1.82 bits per heavy atom. The first-order valence-corrected chi connectivity index (χ1v) is 4.32. The first kappa shape index (κ1) is 10.4. The zero-order valence-electron chi connectivity index (χ0n) is 7.29. The lowest BCUT2D eigenvalue weighted by Crippen LogP contribution is -1.70. The molecule has 0 aromatic rings. The van der Waals surface area contributed by atoms with Gasteiger partial charge in [0.15, 0.2) is 0 Å². The Kier molecular flexibility index (Phi) is 8.96. The number of rotatable bonds is 6. The third kappa shape index (κ3) is 9.44. The minimum atomic E-state index is 0.156. The van der Waals surface area contributed by atoms with Crippen molar-refractivity contribution in [3.05, 3.63) is 24.3 Å². The molecule has 0 radical (unpaired) electrons. The fourth-order valence-corrected chi connectivity index (χ4v) is 0.785. The van der Waals surface area contributed by atoms with Gasteiger partial charge in [-0.1, -0.05) is 44.1 Å². The monoisotopic (exact) mass is 154 g/mol. The molecule has 0 aliphatic heterocycles. The summed E-state index contributed by atoms with van der Waals surface area (Å²) >= 11 is 0. The zero-order valence-corrected chi connectivity index (χ0v) is 7.29. The van der Waals surface area contributed by atoms with E-state index in [9.17, 15) is 0 Å². The molecule has 0 aliphatic rings. The van der Waals surface area contributed by atoms with Gasteiger partial charge in [-0.05, 0) is 12.8 Å². The van der Waals surface area contributed by atoms with E-state index in [-0.39, 0.29) is 6.61 Å². The molecule has 0 aromatic heterocycles. The Morgan fingerprint density at radius 1 is 1.09 bits per heavy atom. The van der Waals surface area contributed by atoms with Crippen molar-refractivity contribution in [2.45, 2.75) is 32.6 Å². The van der Waals surface area contributed by atoms with Crippen LogP contribution < -0.4 is 0 Å². The van der Waals surface area contributed by atoms with Crippen LogP contribution in [0.1, 0.15) is 32.6 Å². The maximum atomic E-state index is 8.40. The Morgan fingerprint density at radius 3 is 2.45 bits per heavy atom. The molecule has 1 nitrogen and oxygen atoms in total. The summed E-state index contributed by atoms with van der Waals surface area (Å²) in [5.74, 6) is 0. The minimum absolute atomic E-state index is 0.156. The zero-order chi connectivity index (χ0) is 8.36. The molecule has 1 N–H and O–H groups in total. The third-order valence-electron chi connectivity index (χ3n) is 1.44. The molecule has 0 aliphatic carbocycles. The quantitative estimate of drug-likeness (QED) is 0.460. The fourth-order valence-electron chi connectivity index (χ4n) is 0.785. The SMILES string of the molecule is CCCC/C=C\C/C=C\CO. The van der Waals surface area contributed by atoms with E-state index in [4.69, 9.17) is 5.11 Å². The van der Waals surface area contributed by atoms with Crippen LogP contribution in [-0.2, 0) is 0 Å². The number of aliphatic hydroxyl groups is 1. The van der Waals surface area contributed by atoms with E-state index in [2.05, 4.69) is 19.1 Å². The highest BCUT2D eigenvalue weighted by molar-refractivity contribution is 4.92. The number of aliphatic hydroxyl groups excluding tert-OH is 1. The van der Waals surface area contributed by atoms with Crippen LogP contribution in [0, 0.1) is 0 Å². The van der Waals surface area contributed by atoms with Gasteiger partial charge in [-0.25, -0.2) is 0 Å². The van der Waals surface area contributed by atoms with E-state index in [1.54, 1.807) is 6.08 Å². The van der Waals surface area contributed by atoms with Crippen LogP contribution in [0.2, 0.25) is 0 Å². The highest BCUT2D eigenvalue weighted by Gasteiger charge is 1.76. The first-order valence-electron chi connectivity index (χ1n) is 4.32. The van der Waals surface area contributed by atoms with Gasteiger partial charge in [0.1, 0.15) is 0 Å². The second kappa shape index (κ2) is 9.44. The molecular formula is C10H18O. The van der Waals surface area contributed by atoms with Gasteiger partial charge >= 0.3 is 0 Å². The first-order chi connectivity index (χ1) is 5.41. The van der Waals surface area contributed by atoms with Crippen molar-refractivity contribution in [3.8, 4) is 0 Å². The minimum Gasteiger partial charge on any atom is -0.392 e. The number of allylic oxidation sites excluding steroid dienone is 3. The molecule has 64 valence electrons. The summed E-state index contributed by atoms with van der Waals surface area (Å²) in [7, 11) is 0. The normalized spacial score (nSPS) is 11.8. The number of hydrogen-bond acceptors (Lipinski definition) is 1. The summed E-state index contributed by atoms with van der Waals surface area (Å²) in [6.07, 6.45) is 12.8. The van der Waals surface area contributed by atoms with Gasteiger partial charge in [-0.2, -0.15) is 0 Å². The molecule has 11 heavy (non-hydrogen) atoms. The molecule has 0 unspecified atom stereocenters. The van der Waals surface area contributed by atoms with Gasteiger partial charge in [0.2, 0.25) is 0 Å². The van der Waals surface area contributed by atoms with E-state index in [1.165, 1.54) is 19.3 Å². The predicted molar refractivity (Wildman–Crippen MR) is 49.5 cm³/mol. The Bertz CT molecular complexity index is 114. The van der Waals surface area contributed by atoms with Crippen molar-refractivity contribution < 1.29 is 5.11 Å². The molecule has 0 amide bonds. The number of hydrogen-bond donors (Lipinski definition) is 1. The molecule has 0 spiro atoms. The van der Waals surface area contributed by atoms with E-state index < -0.39 is 0 Å². The van der Waals surface area contributed by atoms with Crippen molar-refractivity contribution in [3.63, 3.8) is 0 Å². The van der Waals surface area contributed by atoms with E-state index >= 15 is 0 Å². The van der Waals surface area contributed by atoms with Gasteiger partial charge < -0.3 is 5.11 Å². The second-order valence-corrected chi connectivity index (χ2v) is 2.50. The standard InChI is InChI=1S/C10H18O/c1-2-3-4-5-6-7-8-9-10-11/h5-6,8-9,11H,2-4,7,10H2,1H3/b6-5-,9-8-. The summed E-state index contributed by atoms with van der Waals surface area (Å²) in [6.45, 7) is 2.35. The summed E-state index contributed by atoms with van der Waals surface area (Å²) in [5.41, 5.74) is 0. The maximum absolute atomic E-state index is 8.40. The van der Waals surface area contributed by atoms with Crippen molar-refractivity contribution >= 4 is 0 Å². The fraction of sp³-hybridized carbons (Fsp3) is 0.600. The van der Waals surface area contributed by atoms with Crippen LogP contribution >= 0.6 is 0 Å². The van der Waals surface area contributed by atoms with Crippen LogP contribution in [0.5, 0.6) is 0 Å². The van der Waals surface area contributed by atoms with Gasteiger partial charge in [0.25, 0.3) is 0 Å². The second-order valence-electron chi connectivity index (χ2n) is 2.50. The van der Waals surface area contributed by atoms with Crippen LogP contribution in [0.25, 0.3) is 0 Å². The van der Waals surface area contributed by atoms with Crippen LogP contribution in [0.3, 0.4) is 0 Å². The van der Waals surface area contributed by atoms with Crippen molar-refractivity contribution in [1.29, 1.82) is 0 Å². The summed E-state index contributed by atoms with van der Waals surface area (Å²) in [6, 6.07) is 0. The Hall–Kier alpha value is -0.560. The highest BCUT2D eigenvalue weighted by Crippen LogP contribution is 1.96. The van der Waals surface area contributed by atoms with E-state index in [1.807, 2.05) is 6.08 Å². The summed E-state index contributed by atoms with van der Waals surface area (Å²) < 4.78 is 0. The van der Waals surface area contributed by atoms with Crippen molar-refractivity contribution in [2.24, 2.45) is 0 Å². The van der Waals surface area contributed by atoms with Gasteiger partial charge in [-0.3, -0.25) is 0 Å². The lowest BCUT2D eigenvalue weighted by Gasteiger charge is -1.86. The molecule has 0 rings (SSSR count).